The van der Waals surface area contributed by atoms with Gasteiger partial charge in [0.25, 0.3) is 0 Å². The minimum Gasteiger partial charge on any atom is -0.507 e. The maximum atomic E-state index is 11.9. The van der Waals surface area contributed by atoms with Gasteiger partial charge < -0.3 is 14.6 Å². The molecule has 0 heterocycles. The fraction of sp³-hybridized carbons (Fsp3) is 0.125. The number of ether oxygens (including phenoxy) is 2. The number of phenolic OH excluding ortho intramolecular Hbond substituents is 1. The van der Waals surface area contributed by atoms with Gasteiger partial charge in [-0.3, -0.25) is 0 Å². The molecule has 0 aliphatic heterocycles. The second-order valence-corrected chi connectivity index (χ2v) is 4.87. The number of hydrogen-bond donors (Lipinski definition) is 1. The van der Waals surface area contributed by atoms with Gasteiger partial charge in [-0.1, -0.05) is 23.7 Å². The lowest BCUT2D eigenvalue weighted by Gasteiger charge is -2.08. The molecule has 0 atom stereocenters. The molecule has 0 fully saturated rings. The highest BCUT2D eigenvalue weighted by Gasteiger charge is 2.14. The molecule has 0 spiro atoms. The molecule has 0 aliphatic rings. The zero-order valence-corrected chi connectivity index (χ0v) is 12.5. The minimum absolute atomic E-state index is 0.0170. The van der Waals surface area contributed by atoms with Crippen molar-refractivity contribution in [3.63, 3.8) is 0 Å². The monoisotopic (exact) mass is 320 g/mol. The van der Waals surface area contributed by atoms with Gasteiger partial charge in [0.15, 0.2) is 0 Å². The van der Waals surface area contributed by atoms with E-state index in [1.807, 2.05) is 0 Å². The number of benzene rings is 2. The van der Waals surface area contributed by atoms with Gasteiger partial charge in [-0.05, 0) is 35.9 Å². The van der Waals surface area contributed by atoms with Crippen LogP contribution in [0.2, 0.25) is 5.02 Å². The lowest BCUT2D eigenvalue weighted by atomic mass is 10.1. The number of carbonyl (C=O) groups excluding carboxylic acids is 2. The number of halogens is 1. The summed E-state index contributed by atoms with van der Waals surface area (Å²) in [6.45, 7) is -0.0460. The Morgan fingerprint density at radius 3 is 2.64 bits per heavy atom. The van der Waals surface area contributed by atoms with E-state index >= 15 is 0 Å². The fourth-order valence-corrected chi connectivity index (χ4v) is 1.98. The van der Waals surface area contributed by atoms with Crippen LogP contribution in [0.1, 0.15) is 26.3 Å². The standard InChI is InChI=1S/C16H13ClO5/c1-21-15(19)11-4-2-3-10(7-11)9-22-16(20)13-8-12(17)5-6-14(13)18/h2-8,18H,9H2,1H3. The van der Waals surface area contributed by atoms with Gasteiger partial charge in [0.2, 0.25) is 0 Å². The van der Waals surface area contributed by atoms with Crippen LogP contribution in [0.4, 0.5) is 0 Å². The maximum absolute atomic E-state index is 11.9. The first-order valence-electron chi connectivity index (χ1n) is 6.34. The molecule has 6 heteroatoms. The van der Waals surface area contributed by atoms with E-state index in [1.165, 1.54) is 25.3 Å². The number of aromatic hydroxyl groups is 1. The van der Waals surface area contributed by atoms with Crippen molar-refractivity contribution in [2.45, 2.75) is 6.61 Å². The lowest BCUT2D eigenvalue weighted by Crippen LogP contribution is -2.07. The maximum Gasteiger partial charge on any atom is 0.342 e. The number of carbonyl (C=O) groups is 2. The van der Waals surface area contributed by atoms with Crippen LogP contribution in [0.5, 0.6) is 5.75 Å². The van der Waals surface area contributed by atoms with Crippen molar-refractivity contribution in [2.75, 3.05) is 7.11 Å². The molecular weight excluding hydrogens is 308 g/mol. The van der Waals surface area contributed by atoms with Gasteiger partial charge in [-0.15, -0.1) is 0 Å². The Morgan fingerprint density at radius 1 is 1.14 bits per heavy atom. The van der Waals surface area contributed by atoms with Crippen LogP contribution < -0.4 is 0 Å². The van der Waals surface area contributed by atoms with E-state index in [0.29, 0.717) is 16.1 Å². The highest BCUT2D eigenvalue weighted by molar-refractivity contribution is 6.31. The average molecular weight is 321 g/mol. The Labute approximate surface area is 132 Å². The number of esters is 2. The van der Waals surface area contributed by atoms with E-state index in [2.05, 4.69) is 4.74 Å². The third kappa shape index (κ3) is 3.77. The van der Waals surface area contributed by atoms with E-state index < -0.39 is 11.9 Å². The van der Waals surface area contributed by atoms with Crippen molar-refractivity contribution in [3.8, 4) is 5.75 Å². The van der Waals surface area contributed by atoms with Gasteiger partial charge in [0.05, 0.1) is 12.7 Å². The summed E-state index contributed by atoms with van der Waals surface area (Å²) in [7, 11) is 1.29. The summed E-state index contributed by atoms with van der Waals surface area (Å²) in [5.41, 5.74) is 0.969. The summed E-state index contributed by atoms with van der Waals surface area (Å²) < 4.78 is 9.73. The summed E-state index contributed by atoms with van der Waals surface area (Å²) in [6, 6.07) is 10.6. The molecule has 114 valence electrons. The highest BCUT2D eigenvalue weighted by atomic mass is 35.5. The zero-order valence-electron chi connectivity index (χ0n) is 11.7. The summed E-state index contributed by atoms with van der Waals surface area (Å²) >= 11 is 5.78. The first-order valence-corrected chi connectivity index (χ1v) is 6.72. The Hall–Kier alpha value is -2.53. The van der Waals surface area contributed by atoms with E-state index in [-0.39, 0.29) is 17.9 Å². The molecule has 0 bridgehead atoms. The van der Waals surface area contributed by atoms with E-state index in [9.17, 15) is 14.7 Å². The second-order valence-electron chi connectivity index (χ2n) is 4.43. The van der Waals surface area contributed by atoms with Crippen LogP contribution >= 0.6 is 11.6 Å². The largest absolute Gasteiger partial charge is 0.507 e. The van der Waals surface area contributed by atoms with Crippen molar-refractivity contribution in [2.24, 2.45) is 0 Å². The summed E-state index contributed by atoms with van der Waals surface area (Å²) in [5, 5.41) is 9.95. The topological polar surface area (TPSA) is 72.8 Å². The Bertz CT molecular complexity index is 711. The first kappa shape index (κ1) is 15.9. The zero-order chi connectivity index (χ0) is 16.1. The van der Waals surface area contributed by atoms with Crippen molar-refractivity contribution in [3.05, 3.63) is 64.2 Å². The second kappa shape index (κ2) is 6.95. The third-order valence-corrected chi connectivity index (χ3v) is 3.13. The molecule has 22 heavy (non-hydrogen) atoms. The van der Waals surface area contributed by atoms with Gasteiger partial charge in [0, 0.05) is 5.02 Å². The Morgan fingerprint density at radius 2 is 1.91 bits per heavy atom. The van der Waals surface area contributed by atoms with Crippen molar-refractivity contribution >= 4 is 23.5 Å². The molecular formula is C16H13ClO5. The quantitative estimate of drug-likeness (QED) is 0.876. The summed E-state index contributed by atoms with van der Waals surface area (Å²) in [6.07, 6.45) is 0. The Balaban J connectivity index is 2.08. The van der Waals surface area contributed by atoms with Crippen LogP contribution in [0.3, 0.4) is 0 Å². The molecule has 0 amide bonds. The van der Waals surface area contributed by atoms with Crippen LogP contribution in [0, 0.1) is 0 Å². The number of methoxy groups -OCH3 is 1. The normalized spacial score (nSPS) is 10.1. The molecule has 0 saturated carbocycles. The van der Waals surface area contributed by atoms with E-state index in [0.717, 1.165) is 0 Å². The number of hydrogen-bond acceptors (Lipinski definition) is 5. The van der Waals surface area contributed by atoms with Crippen LogP contribution in [-0.2, 0) is 16.1 Å². The van der Waals surface area contributed by atoms with Crippen LogP contribution in [0.25, 0.3) is 0 Å². The van der Waals surface area contributed by atoms with E-state index in [4.69, 9.17) is 16.3 Å². The smallest absolute Gasteiger partial charge is 0.342 e. The van der Waals surface area contributed by atoms with Gasteiger partial charge in [-0.25, -0.2) is 9.59 Å². The predicted octanol–water partition coefficient (Wildman–Crippen LogP) is 3.19. The Kier molecular flexibility index (Phi) is 5.01. The van der Waals surface area contributed by atoms with Crippen LogP contribution in [0.15, 0.2) is 42.5 Å². The molecule has 2 aromatic carbocycles. The summed E-state index contributed by atoms with van der Waals surface area (Å²) in [5.74, 6) is -1.39. The van der Waals surface area contributed by atoms with Gasteiger partial charge in [0.1, 0.15) is 17.9 Å². The first-order chi connectivity index (χ1) is 10.5. The van der Waals surface area contributed by atoms with Crippen molar-refractivity contribution in [1.82, 2.24) is 0 Å². The molecule has 0 radical (unpaired) electrons. The highest BCUT2D eigenvalue weighted by Crippen LogP contribution is 2.22. The van der Waals surface area contributed by atoms with Gasteiger partial charge in [-0.2, -0.15) is 0 Å². The molecule has 0 aromatic heterocycles. The van der Waals surface area contributed by atoms with Crippen molar-refractivity contribution < 1.29 is 24.2 Å². The minimum atomic E-state index is -0.705. The number of rotatable bonds is 4. The molecule has 0 unspecified atom stereocenters. The lowest BCUT2D eigenvalue weighted by molar-refractivity contribution is 0.0469. The molecule has 2 aromatic rings. The molecule has 1 N–H and O–H groups in total. The molecule has 2 rings (SSSR count). The third-order valence-electron chi connectivity index (χ3n) is 2.90. The SMILES string of the molecule is COC(=O)c1cccc(COC(=O)c2cc(Cl)ccc2O)c1. The fourth-order valence-electron chi connectivity index (χ4n) is 1.80. The molecule has 0 aliphatic carbocycles. The van der Waals surface area contributed by atoms with Crippen LogP contribution in [-0.4, -0.2) is 24.2 Å². The summed E-state index contributed by atoms with van der Waals surface area (Å²) in [4.78, 5) is 23.4. The van der Waals surface area contributed by atoms with E-state index in [1.54, 1.807) is 24.3 Å². The van der Waals surface area contributed by atoms with Gasteiger partial charge >= 0.3 is 11.9 Å². The predicted molar refractivity (Wildman–Crippen MR) is 80.0 cm³/mol. The molecule has 0 saturated heterocycles. The average Bonchev–Trinajstić information content (AvgIpc) is 2.54. The molecule has 5 nitrogen and oxygen atoms in total. The van der Waals surface area contributed by atoms with Crippen molar-refractivity contribution in [1.29, 1.82) is 0 Å². The number of phenols is 1.